The Morgan fingerprint density at radius 2 is 2.18 bits per heavy atom. The number of hydrogen-bond donors (Lipinski definition) is 1. The van der Waals surface area contributed by atoms with Gasteiger partial charge in [-0.25, -0.2) is 0 Å². The second kappa shape index (κ2) is 6.23. The van der Waals surface area contributed by atoms with Gasteiger partial charge in [-0.2, -0.15) is 13.2 Å². The van der Waals surface area contributed by atoms with Gasteiger partial charge in [0, 0.05) is 13.0 Å². The molecular formula is C11H19F3N2O. The van der Waals surface area contributed by atoms with Gasteiger partial charge >= 0.3 is 6.18 Å². The first-order chi connectivity index (χ1) is 7.92. The topological polar surface area (TPSA) is 32.3 Å². The lowest BCUT2D eigenvalue weighted by molar-refractivity contribution is -0.160. The molecule has 0 aromatic carbocycles. The molecule has 17 heavy (non-hydrogen) atoms. The first-order valence-corrected chi connectivity index (χ1v) is 5.97. The van der Waals surface area contributed by atoms with Crippen LogP contribution in [0.1, 0.15) is 26.2 Å². The quantitative estimate of drug-likeness (QED) is 0.809. The van der Waals surface area contributed by atoms with Gasteiger partial charge in [-0.05, 0) is 38.8 Å². The van der Waals surface area contributed by atoms with Crippen LogP contribution in [0.2, 0.25) is 0 Å². The highest BCUT2D eigenvalue weighted by Gasteiger charge is 2.32. The zero-order chi connectivity index (χ0) is 12.9. The van der Waals surface area contributed by atoms with E-state index in [1.807, 2.05) is 0 Å². The average Bonchev–Trinajstić information content (AvgIpc) is 2.74. The van der Waals surface area contributed by atoms with E-state index in [2.05, 4.69) is 5.32 Å². The van der Waals surface area contributed by atoms with E-state index < -0.39 is 18.6 Å². The van der Waals surface area contributed by atoms with Gasteiger partial charge in [-0.1, -0.05) is 0 Å². The van der Waals surface area contributed by atoms with Gasteiger partial charge < -0.3 is 10.2 Å². The molecule has 1 fully saturated rings. The standard InChI is InChI=1S/C11H19F3N2O/c1-2-16(8-11(12,13)14)10(17)4-3-9-5-6-15-7-9/h9,15H,2-8H2,1H3. The summed E-state index contributed by atoms with van der Waals surface area (Å²) in [5.74, 6) is 0.0419. The molecule has 0 aromatic rings. The zero-order valence-corrected chi connectivity index (χ0v) is 10.0. The van der Waals surface area contributed by atoms with Crippen molar-refractivity contribution in [2.24, 2.45) is 5.92 Å². The summed E-state index contributed by atoms with van der Waals surface area (Å²) in [5.41, 5.74) is 0. The molecule has 0 saturated carbocycles. The van der Waals surface area contributed by atoms with Crippen molar-refractivity contribution >= 4 is 5.91 Å². The zero-order valence-electron chi connectivity index (χ0n) is 10.0. The van der Waals surface area contributed by atoms with Crippen LogP contribution in [0, 0.1) is 5.92 Å². The lowest BCUT2D eigenvalue weighted by Gasteiger charge is -2.22. The Hall–Kier alpha value is -0.780. The fourth-order valence-corrected chi connectivity index (χ4v) is 2.04. The second-order valence-corrected chi connectivity index (χ2v) is 4.42. The molecule has 1 unspecified atom stereocenters. The molecule has 0 spiro atoms. The van der Waals surface area contributed by atoms with Crippen molar-refractivity contribution in [1.29, 1.82) is 0 Å². The molecule has 3 nitrogen and oxygen atoms in total. The maximum Gasteiger partial charge on any atom is 0.406 e. The normalized spacial score (nSPS) is 20.6. The molecule has 1 amide bonds. The molecule has 1 aliphatic heterocycles. The van der Waals surface area contributed by atoms with Crippen molar-refractivity contribution in [2.45, 2.75) is 32.4 Å². The molecule has 6 heteroatoms. The molecule has 0 aliphatic carbocycles. The van der Waals surface area contributed by atoms with Gasteiger partial charge in [0.25, 0.3) is 0 Å². The summed E-state index contributed by atoms with van der Waals surface area (Å²) in [5, 5.41) is 3.17. The van der Waals surface area contributed by atoms with Gasteiger partial charge in [0.1, 0.15) is 6.54 Å². The van der Waals surface area contributed by atoms with E-state index >= 15 is 0 Å². The smallest absolute Gasteiger partial charge is 0.334 e. The molecule has 1 aliphatic rings. The summed E-state index contributed by atoms with van der Waals surface area (Å²) in [4.78, 5) is 12.5. The Kier molecular flexibility index (Phi) is 5.24. The number of amides is 1. The lowest BCUT2D eigenvalue weighted by Crippen LogP contribution is -2.38. The molecule has 1 heterocycles. The summed E-state index contributed by atoms with van der Waals surface area (Å²) >= 11 is 0. The van der Waals surface area contributed by atoms with E-state index in [1.165, 1.54) is 0 Å². The van der Waals surface area contributed by atoms with E-state index in [0.717, 1.165) is 24.4 Å². The van der Waals surface area contributed by atoms with E-state index in [4.69, 9.17) is 0 Å². The lowest BCUT2D eigenvalue weighted by atomic mass is 10.0. The van der Waals surface area contributed by atoms with Gasteiger partial charge in [0.05, 0.1) is 0 Å². The Bertz CT molecular complexity index is 250. The molecule has 0 radical (unpaired) electrons. The molecule has 0 aromatic heterocycles. The van der Waals surface area contributed by atoms with Crippen molar-refractivity contribution < 1.29 is 18.0 Å². The number of nitrogens with one attached hydrogen (secondary N) is 1. The van der Waals surface area contributed by atoms with Crippen molar-refractivity contribution in [1.82, 2.24) is 10.2 Å². The van der Waals surface area contributed by atoms with Crippen LogP contribution in [-0.4, -0.2) is 43.2 Å². The summed E-state index contributed by atoms with van der Waals surface area (Å²) in [6.45, 7) is 2.37. The fourth-order valence-electron chi connectivity index (χ4n) is 2.04. The highest BCUT2D eigenvalue weighted by molar-refractivity contribution is 5.76. The predicted octanol–water partition coefficient (Wildman–Crippen LogP) is 1.79. The summed E-state index contributed by atoms with van der Waals surface area (Å²) in [6, 6.07) is 0. The number of carbonyl (C=O) groups is 1. The third kappa shape index (κ3) is 5.39. The monoisotopic (exact) mass is 252 g/mol. The highest BCUT2D eigenvalue weighted by atomic mass is 19.4. The summed E-state index contributed by atoms with van der Waals surface area (Å²) < 4.78 is 36.6. The third-order valence-corrected chi connectivity index (χ3v) is 3.03. The number of hydrogen-bond acceptors (Lipinski definition) is 2. The second-order valence-electron chi connectivity index (χ2n) is 4.42. The van der Waals surface area contributed by atoms with Crippen LogP contribution in [0.25, 0.3) is 0 Å². The molecule has 100 valence electrons. The van der Waals surface area contributed by atoms with Crippen LogP contribution >= 0.6 is 0 Å². The first-order valence-electron chi connectivity index (χ1n) is 5.97. The Balaban J connectivity index is 2.32. The minimum absolute atomic E-state index is 0.112. The fraction of sp³-hybridized carbons (Fsp3) is 0.909. The number of nitrogens with zero attached hydrogens (tertiary/aromatic N) is 1. The van der Waals surface area contributed by atoms with Gasteiger partial charge in [0.15, 0.2) is 0 Å². The van der Waals surface area contributed by atoms with Crippen LogP contribution in [0.15, 0.2) is 0 Å². The number of alkyl halides is 3. The van der Waals surface area contributed by atoms with E-state index in [1.54, 1.807) is 6.92 Å². The maximum atomic E-state index is 12.2. The molecule has 1 rings (SSSR count). The van der Waals surface area contributed by atoms with Crippen molar-refractivity contribution in [3.05, 3.63) is 0 Å². The third-order valence-electron chi connectivity index (χ3n) is 3.03. The first kappa shape index (κ1) is 14.3. The number of rotatable bonds is 5. The Morgan fingerprint density at radius 1 is 1.47 bits per heavy atom. The molecular weight excluding hydrogens is 233 g/mol. The van der Waals surface area contributed by atoms with E-state index in [0.29, 0.717) is 12.3 Å². The van der Waals surface area contributed by atoms with Crippen LogP contribution in [0.5, 0.6) is 0 Å². The molecule has 1 atom stereocenters. The van der Waals surface area contributed by atoms with Crippen molar-refractivity contribution in [3.8, 4) is 0 Å². The predicted molar refractivity (Wildman–Crippen MR) is 58.5 cm³/mol. The average molecular weight is 252 g/mol. The maximum absolute atomic E-state index is 12.2. The number of carbonyl (C=O) groups excluding carboxylic acids is 1. The van der Waals surface area contributed by atoms with Crippen LogP contribution in [-0.2, 0) is 4.79 Å². The highest BCUT2D eigenvalue weighted by Crippen LogP contribution is 2.19. The van der Waals surface area contributed by atoms with Gasteiger partial charge in [0.2, 0.25) is 5.91 Å². The van der Waals surface area contributed by atoms with Crippen LogP contribution < -0.4 is 5.32 Å². The van der Waals surface area contributed by atoms with Crippen LogP contribution in [0.4, 0.5) is 13.2 Å². The Labute approximate surface area is 99.4 Å². The Morgan fingerprint density at radius 3 is 2.65 bits per heavy atom. The van der Waals surface area contributed by atoms with Gasteiger partial charge in [-0.15, -0.1) is 0 Å². The summed E-state index contributed by atoms with van der Waals surface area (Å²) in [7, 11) is 0. The molecule has 1 N–H and O–H groups in total. The van der Waals surface area contributed by atoms with Crippen molar-refractivity contribution in [3.63, 3.8) is 0 Å². The number of halogens is 3. The minimum Gasteiger partial charge on any atom is -0.334 e. The van der Waals surface area contributed by atoms with Crippen molar-refractivity contribution in [2.75, 3.05) is 26.2 Å². The van der Waals surface area contributed by atoms with E-state index in [9.17, 15) is 18.0 Å². The van der Waals surface area contributed by atoms with Gasteiger partial charge in [-0.3, -0.25) is 4.79 Å². The van der Waals surface area contributed by atoms with E-state index in [-0.39, 0.29) is 13.0 Å². The molecule has 1 saturated heterocycles. The van der Waals surface area contributed by atoms with Crippen LogP contribution in [0.3, 0.4) is 0 Å². The summed E-state index contributed by atoms with van der Waals surface area (Å²) in [6.07, 6.45) is -2.39. The SMILES string of the molecule is CCN(CC(F)(F)F)C(=O)CCC1CCNC1. The largest absolute Gasteiger partial charge is 0.406 e. The molecule has 0 bridgehead atoms. The minimum atomic E-state index is -4.30.